The average Bonchev–Trinajstić information content (AvgIpc) is 3.31. The molecule has 386 valence electrons. The molecule has 0 aliphatic rings. The average molecular weight is 919 g/mol. The van der Waals surface area contributed by atoms with E-state index in [1.807, 2.05) is 0 Å². The highest BCUT2D eigenvalue weighted by Crippen LogP contribution is 2.18. The number of aliphatic hydroxyl groups excluding tert-OH is 2. The van der Waals surface area contributed by atoms with Crippen molar-refractivity contribution in [1.29, 1.82) is 0 Å². The molecule has 0 rings (SSSR count). The largest absolute Gasteiger partial charge is 0.466 e. The lowest BCUT2D eigenvalue weighted by Gasteiger charge is -2.22. The molecule has 2 unspecified atom stereocenters. The molecule has 1 amide bonds. The Balaban J connectivity index is 3.48. The molecule has 0 spiro atoms. The highest BCUT2D eigenvalue weighted by molar-refractivity contribution is 5.76. The molecule has 3 N–H and O–H groups in total. The van der Waals surface area contributed by atoms with Crippen molar-refractivity contribution >= 4 is 11.9 Å². The molecule has 0 fully saturated rings. The molecule has 0 radical (unpaired) electrons. The molecular formula is C59H115NO5. The van der Waals surface area contributed by atoms with E-state index in [-0.39, 0.29) is 18.5 Å². The minimum atomic E-state index is -0.680. The molecule has 0 bridgehead atoms. The number of allylic oxidation sites excluding steroid dienone is 2. The number of aliphatic hydroxyl groups is 2. The molecule has 0 aromatic heterocycles. The first-order valence-electron chi connectivity index (χ1n) is 29.4. The fourth-order valence-electron chi connectivity index (χ4n) is 9.28. The van der Waals surface area contributed by atoms with E-state index in [1.165, 1.54) is 218 Å². The number of amides is 1. The van der Waals surface area contributed by atoms with Crippen LogP contribution in [0.4, 0.5) is 0 Å². The van der Waals surface area contributed by atoms with Gasteiger partial charge in [0.1, 0.15) is 0 Å². The number of unbranched alkanes of at least 4 members (excludes halogenated alkanes) is 42. The van der Waals surface area contributed by atoms with Gasteiger partial charge in [-0.05, 0) is 57.8 Å². The molecule has 0 saturated carbocycles. The summed E-state index contributed by atoms with van der Waals surface area (Å²) in [5.41, 5.74) is 0. The van der Waals surface area contributed by atoms with Gasteiger partial charge in [0.25, 0.3) is 0 Å². The Kier molecular flexibility index (Phi) is 54.0. The summed E-state index contributed by atoms with van der Waals surface area (Å²) in [6, 6.07) is -0.560. The summed E-state index contributed by atoms with van der Waals surface area (Å²) in [5, 5.41) is 23.3. The van der Waals surface area contributed by atoms with Crippen LogP contribution in [0.3, 0.4) is 0 Å². The van der Waals surface area contributed by atoms with Gasteiger partial charge in [0.05, 0.1) is 25.4 Å². The van der Waals surface area contributed by atoms with Gasteiger partial charge >= 0.3 is 5.97 Å². The lowest BCUT2D eigenvalue weighted by Crippen LogP contribution is -2.45. The van der Waals surface area contributed by atoms with Gasteiger partial charge in [0.15, 0.2) is 0 Å². The third-order valence-electron chi connectivity index (χ3n) is 13.8. The number of hydrogen-bond acceptors (Lipinski definition) is 5. The number of esters is 1. The van der Waals surface area contributed by atoms with Crippen molar-refractivity contribution in [3.05, 3.63) is 12.2 Å². The standard InChI is InChI=1S/C59H115NO5/c1-3-5-7-9-11-13-15-17-19-20-21-22-23-24-25-26-27-31-35-39-43-47-51-57(62)56(55-61)60-58(63)52-48-44-40-36-32-29-30-34-38-42-46-50-54-65-59(64)53-49-45-41-37-33-28-18-16-14-12-10-8-6-4-2/h30,34,56-57,61-62H,3-29,31-33,35-55H2,1-2H3,(H,60,63)/b34-30-. The van der Waals surface area contributed by atoms with E-state index in [9.17, 15) is 19.8 Å². The fraction of sp³-hybridized carbons (Fsp3) is 0.932. The zero-order valence-electron chi connectivity index (χ0n) is 44.0. The second-order valence-electron chi connectivity index (χ2n) is 20.3. The Bertz CT molecular complexity index is 970. The fourth-order valence-corrected chi connectivity index (χ4v) is 9.28. The summed E-state index contributed by atoms with van der Waals surface area (Å²) in [7, 11) is 0. The molecular weight excluding hydrogens is 803 g/mol. The lowest BCUT2D eigenvalue weighted by molar-refractivity contribution is -0.143. The van der Waals surface area contributed by atoms with Crippen LogP contribution in [0, 0.1) is 0 Å². The van der Waals surface area contributed by atoms with E-state index in [0.717, 1.165) is 77.0 Å². The van der Waals surface area contributed by atoms with Crippen LogP contribution in [0.25, 0.3) is 0 Å². The topological polar surface area (TPSA) is 95.9 Å². The van der Waals surface area contributed by atoms with Crippen LogP contribution >= 0.6 is 0 Å². The van der Waals surface area contributed by atoms with Gasteiger partial charge < -0.3 is 20.3 Å². The first kappa shape index (κ1) is 63.6. The number of nitrogens with one attached hydrogen (secondary N) is 1. The van der Waals surface area contributed by atoms with Crippen molar-refractivity contribution < 1.29 is 24.5 Å². The SMILES string of the molecule is CCCCCCCCCCCCCCCCCCCCCCCCC(O)C(CO)NC(=O)CCCCCCC/C=C\CCCCCOC(=O)CCCCCCCCCCCCCCCC. The first-order chi connectivity index (χ1) is 32.0. The van der Waals surface area contributed by atoms with Crippen LogP contribution in [0.15, 0.2) is 12.2 Å². The van der Waals surface area contributed by atoms with Crippen LogP contribution < -0.4 is 5.32 Å². The highest BCUT2D eigenvalue weighted by Gasteiger charge is 2.20. The van der Waals surface area contributed by atoms with Crippen molar-refractivity contribution in [3.63, 3.8) is 0 Å². The number of ether oxygens (including phenoxy) is 1. The Morgan fingerprint density at radius 1 is 0.415 bits per heavy atom. The molecule has 2 atom stereocenters. The van der Waals surface area contributed by atoms with E-state index >= 15 is 0 Å². The van der Waals surface area contributed by atoms with E-state index in [4.69, 9.17) is 4.74 Å². The number of carbonyl (C=O) groups excluding carboxylic acids is 2. The zero-order valence-corrected chi connectivity index (χ0v) is 44.0. The van der Waals surface area contributed by atoms with Crippen LogP contribution in [0.2, 0.25) is 0 Å². The van der Waals surface area contributed by atoms with Crippen LogP contribution in [0.1, 0.15) is 328 Å². The van der Waals surface area contributed by atoms with Crippen molar-refractivity contribution in [2.24, 2.45) is 0 Å². The van der Waals surface area contributed by atoms with Crippen molar-refractivity contribution in [2.75, 3.05) is 13.2 Å². The summed E-state index contributed by atoms with van der Waals surface area (Å²) in [6.07, 6.45) is 64.9. The summed E-state index contributed by atoms with van der Waals surface area (Å²) < 4.78 is 5.45. The Labute approximate surface area is 406 Å². The summed E-state index contributed by atoms with van der Waals surface area (Å²) in [4.78, 5) is 24.5. The molecule has 0 aromatic carbocycles. The minimum absolute atomic E-state index is 0.0194. The van der Waals surface area contributed by atoms with Gasteiger partial charge in [0.2, 0.25) is 5.91 Å². The third kappa shape index (κ3) is 51.8. The Morgan fingerprint density at radius 3 is 1.09 bits per heavy atom. The molecule has 0 saturated heterocycles. The zero-order chi connectivity index (χ0) is 47.2. The van der Waals surface area contributed by atoms with Crippen molar-refractivity contribution in [3.8, 4) is 0 Å². The van der Waals surface area contributed by atoms with E-state index in [1.54, 1.807) is 0 Å². The van der Waals surface area contributed by atoms with Gasteiger partial charge in [-0.2, -0.15) is 0 Å². The van der Waals surface area contributed by atoms with Crippen molar-refractivity contribution in [2.45, 2.75) is 341 Å². The summed E-state index contributed by atoms with van der Waals surface area (Å²) in [5.74, 6) is -0.0764. The maximum atomic E-state index is 12.5. The van der Waals surface area contributed by atoms with Crippen LogP contribution in [0.5, 0.6) is 0 Å². The van der Waals surface area contributed by atoms with Gasteiger partial charge in [-0.25, -0.2) is 0 Å². The highest BCUT2D eigenvalue weighted by atomic mass is 16.5. The molecule has 0 aliphatic carbocycles. The van der Waals surface area contributed by atoms with Gasteiger partial charge in [-0.15, -0.1) is 0 Å². The second-order valence-corrected chi connectivity index (χ2v) is 20.3. The van der Waals surface area contributed by atoms with E-state index in [2.05, 4.69) is 31.3 Å². The monoisotopic (exact) mass is 918 g/mol. The Morgan fingerprint density at radius 2 is 0.723 bits per heavy atom. The normalized spacial score (nSPS) is 12.6. The minimum Gasteiger partial charge on any atom is -0.466 e. The number of hydrogen-bond donors (Lipinski definition) is 3. The van der Waals surface area contributed by atoms with Gasteiger partial charge in [0, 0.05) is 12.8 Å². The molecule has 0 aliphatic heterocycles. The quantitative estimate of drug-likeness (QED) is 0.0321. The summed E-state index contributed by atoms with van der Waals surface area (Å²) in [6.45, 7) is 4.92. The van der Waals surface area contributed by atoms with Crippen LogP contribution in [-0.2, 0) is 14.3 Å². The first-order valence-corrected chi connectivity index (χ1v) is 29.4. The predicted molar refractivity (Wildman–Crippen MR) is 283 cm³/mol. The molecule has 65 heavy (non-hydrogen) atoms. The van der Waals surface area contributed by atoms with Crippen LogP contribution in [-0.4, -0.2) is 47.4 Å². The molecule has 6 nitrogen and oxygen atoms in total. The van der Waals surface area contributed by atoms with Gasteiger partial charge in [-0.1, -0.05) is 270 Å². The molecule has 0 heterocycles. The maximum Gasteiger partial charge on any atom is 0.305 e. The van der Waals surface area contributed by atoms with Gasteiger partial charge in [-0.3, -0.25) is 9.59 Å². The van der Waals surface area contributed by atoms with E-state index < -0.39 is 12.1 Å². The van der Waals surface area contributed by atoms with Crippen molar-refractivity contribution in [1.82, 2.24) is 5.32 Å². The summed E-state index contributed by atoms with van der Waals surface area (Å²) >= 11 is 0. The number of rotatable bonds is 55. The lowest BCUT2D eigenvalue weighted by atomic mass is 10.0. The molecule has 0 aromatic rings. The van der Waals surface area contributed by atoms with E-state index in [0.29, 0.717) is 25.9 Å². The Hall–Kier alpha value is -1.40. The second kappa shape index (κ2) is 55.2. The smallest absolute Gasteiger partial charge is 0.305 e. The maximum absolute atomic E-state index is 12.5. The molecule has 6 heteroatoms. The number of carbonyl (C=O) groups is 2. The third-order valence-corrected chi connectivity index (χ3v) is 13.8. The predicted octanol–water partition coefficient (Wildman–Crippen LogP) is 18.1.